The van der Waals surface area contributed by atoms with E-state index in [4.69, 9.17) is 9.47 Å². The van der Waals surface area contributed by atoms with Gasteiger partial charge in [-0.15, -0.1) is 0 Å². The van der Waals surface area contributed by atoms with Gasteiger partial charge in [0.25, 0.3) is 5.79 Å². The van der Waals surface area contributed by atoms with Crippen molar-refractivity contribution in [3.05, 3.63) is 114 Å². The van der Waals surface area contributed by atoms with Crippen LogP contribution >= 0.6 is 7.92 Å². The molecule has 1 fully saturated rings. The molecule has 180 valence electrons. The topological polar surface area (TPSA) is 18.5 Å². The summed E-state index contributed by atoms with van der Waals surface area (Å²) in [6.07, 6.45) is 4.93. The average molecular weight is 495 g/mol. The van der Waals surface area contributed by atoms with E-state index in [2.05, 4.69) is 78.9 Å². The van der Waals surface area contributed by atoms with Crippen molar-refractivity contribution in [3.8, 4) is 11.5 Å². The predicted octanol–water partition coefficient (Wildman–Crippen LogP) is 6.27. The standard InChI is InChI=1S/C32H28FO2P/c33-28-18-7-10-22-20-24-12-9-13-25-21-23-11-8-19-29(31(23)35-32(24,25)34-30(22)28)36(26-14-3-1-4-15-26)27-16-5-2-6-17-27/h1-8,10-11,14-19,24-25H,9,12-13,20-21H2/t24-,25-,32-/m1/s1. The van der Waals surface area contributed by atoms with Gasteiger partial charge in [0, 0.05) is 17.1 Å². The molecule has 1 aliphatic carbocycles. The van der Waals surface area contributed by atoms with Crippen LogP contribution in [0.1, 0.15) is 30.4 Å². The van der Waals surface area contributed by atoms with E-state index in [1.165, 1.54) is 27.5 Å². The number of rotatable bonds is 3. The monoisotopic (exact) mass is 494 g/mol. The maximum atomic E-state index is 15.0. The van der Waals surface area contributed by atoms with Crippen LogP contribution < -0.4 is 25.4 Å². The van der Waals surface area contributed by atoms with E-state index >= 15 is 0 Å². The molecule has 0 unspecified atom stereocenters. The molecule has 4 heteroatoms. The number of hydrogen-bond acceptors (Lipinski definition) is 2. The molecule has 7 rings (SSSR count). The van der Waals surface area contributed by atoms with Gasteiger partial charge in [-0.2, -0.15) is 0 Å². The smallest absolute Gasteiger partial charge is 0.257 e. The molecule has 3 atom stereocenters. The minimum atomic E-state index is -0.827. The first kappa shape index (κ1) is 22.1. The number of halogens is 1. The molecule has 4 aromatic carbocycles. The molecule has 36 heavy (non-hydrogen) atoms. The van der Waals surface area contributed by atoms with Gasteiger partial charge in [0.1, 0.15) is 5.75 Å². The first-order valence-corrected chi connectivity index (χ1v) is 14.2. The van der Waals surface area contributed by atoms with Crippen LogP contribution in [0.25, 0.3) is 0 Å². The molecule has 2 nitrogen and oxygen atoms in total. The number of para-hydroxylation sites is 2. The molecule has 0 aromatic heterocycles. The fraction of sp³-hybridized carbons (Fsp3) is 0.250. The summed E-state index contributed by atoms with van der Waals surface area (Å²) >= 11 is 0. The van der Waals surface area contributed by atoms with Gasteiger partial charge in [-0.1, -0.05) is 97.4 Å². The van der Waals surface area contributed by atoms with E-state index in [0.29, 0.717) is 5.75 Å². The Hall–Kier alpha value is -3.16. The lowest BCUT2D eigenvalue weighted by Crippen LogP contribution is -2.62. The van der Waals surface area contributed by atoms with Crippen molar-refractivity contribution in [1.82, 2.24) is 0 Å². The predicted molar refractivity (Wildman–Crippen MR) is 144 cm³/mol. The normalized spacial score (nSPS) is 23.9. The summed E-state index contributed by atoms with van der Waals surface area (Å²) in [7, 11) is -0.827. The van der Waals surface area contributed by atoms with Crippen molar-refractivity contribution in [2.75, 3.05) is 0 Å². The second-order valence-electron chi connectivity index (χ2n) is 10.2. The molecule has 0 radical (unpaired) electrons. The first-order chi connectivity index (χ1) is 17.7. The number of hydrogen-bond donors (Lipinski definition) is 0. The largest absolute Gasteiger partial charge is 0.451 e. The van der Waals surface area contributed by atoms with E-state index in [0.717, 1.165) is 43.4 Å². The van der Waals surface area contributed by atoms with Crippen LogP contribution in [-0.2, 0) is 12.8 Å². The summed E-state index contributed by atoms with van der Waals surface area (Å²) in [5.41, 5.74) is 2.20. The zero-order valence-corrected chi connectivity index (χ0v) is 21.0. The maximum absolute atomic E-state index is 15.0. The molecular formula is C32H28FO2P. The lowest BCUT2D eigenvalue weighted by molar-refractivity contribution is -0.226. The zero-order valence-electron chi connectivity index (χ0n) is 20.1. The van der Waals surface area contributed by atoms with Crippen molar-refractivity contribution in [1.29, 1.82) is 0 Å². The van der Waals surface area contributed by atoms with Crippen molar-refractivity contribution in [2.24, 2.45) is 11.8 Å². The minimum Gasteiger partial charge on any atom is -0.451 e. The quantitative estimate of drug-likeness (QED) is 0.313. The van der Waals surface area contributed by atoms with Gasteiger partial charge in [-0.3, -0.25) is 0 Å². The van der Waals surface area contributed by atoms with Gasteiger partial charge in [-0.25, -0.2) is 4.39 Å². The van der Waals surface area contributed by atoms with Gasteiger partial charge >= 0.3 is 0 Å². The summed E-state index contributed by atoms with van der Waals surface area (Å²) < 4.78 is 28.7. The Balaban J connectivity index is 1.39. The lowest BCUT2D eigenvalue weighted by atomic mass is 9.68. The molecule has 0 bridgehead atoms. The number of benzene rings is 4. The highest BCUT2D eigenvalue weighted by Gasteiger charge is 2.57. The highest BCUT2D eigenvalue weighted by molar-refractivity contribution is 7.80. The molecule has 4 aromatic rings. The third-order valence-corrected chi connectivity index (χ3v) is 10.6. The van der Waals surface area contributed by atoms with Gasteiger partial charge in [0.15, 0.2) is 11.6 Å². The van der Waals surface area contributed by atoms with Gasteiger partial charge in [0.2, 0.25) is 0 Å². The third kappa shape index (κ3) is 3.48. The lowest BCUT2D eigenvalue weighted by Gasteiger charge is -2.54. The fourth-order valence-electron chi connectivity index (χ4n) is 6.47. The molecule has 2 aliphatic heterocycles. The van der Waals surface area contributed by atoms with Crippen LogP contribution in [0, 0.1) is 17.7 Å². The molecular weight excluding hydrogens is 466 g/mol. The maximum Gasteiger partial charge on any atom is 0.257 e. The third-order valence-electron chi connectivity index (χ3n) is 8.09. The Morgan fingerprint density at radius 1 is 0.639 bits per heavy atom. The van der Waals surface area contributed by atoms with E-state index in [-0.39, 0.29) is 17.7 Å². The highest BCUT2D eigenvalue weighted by atomic mass is 31.1. The van der Waals surface area contributed by atoms with Crippen LogP contribution in [0.2, 0.25) is 0 Å². The summed E-state index contributed by atoms with van der Waals surface area (Å²) in [5.74, 6) is 0.653. The van der Waals surface area contributed by atoms with Crippen molar-refractivity contribution in [3.63, 3.8) is 0 Å². The Labute approximate surface area is 212 Å². The van der Waals surface area contributed by atoms with Gasteiger partial charge in [0.05, 0.1) is 0 Å². The SMILES string of the molecule is Fc1cccc2c1O[C@]13Oc4c(cccc4P(c4ccccc4)c4ccccc4)C[C@H]1CCC[C@@H]3C2. The Bertz CT molecular complexity index is 1370. The van der Waals surface area contributed by atoms with Crippen LogP contribution in [0.15, 0.2) is 97.1 Å². The van der Waals surface area contributed by atoms with Crippen molar-refractivity contribution in [2.45, 2.75) is 37.9 Å². The molecule has 0 amide bonds. The van der Waals surface area contributed by atoms with Crippen LogP contribution in [-0.4, -0.2) is 5.79 Å². The fourth-order valence-corrected chi connectivity index (χ4v) is 8.90. The number of fused-ring (bicyclic) bond motifs is 2. The molecule has 3 aliphatic rings. The van der Waals surface area contributed by atoms with E-state index in [1.54, 1.807) is 6.07 Å². The Kier molecular flexibility index (Phi) is 5.36. The molecule has 1 saturated carbocycles. The molecule has 1 spiro atoms. The van der Waals surface area contributed by atoms with Gasteiger partial charge < -0.3 is 9.47 Å². The highest BCUT2D eigenvalue weighted by Crippen LogP contribution is 2.54. The summed E-state index contributed by atoms with van der Waals surface area (Å²) in [6.45, 7) is 0. The van der Waals surface area contributed by atoms with Crippen LogP contribution in [0.4, 0.5) is 4.39 Å². The summed E-state index contributed by atoms with van der Waals surface area (Å²) in [5, 5.41) is 3.79. The van der Waals surface area contributed by atoms with E-state index in [9.17, 15) is 4.39 Å². The Morgan fingerprint density at radius 2 is 1.19 bits per heavy atom. The first-order valence-electron chi connectivity index (χ1n) is 12.9. The molecule has 0 saturated heterocycles. The van der Waals surface area contributed by atoms with E-state index in [1.807, 2.05) is 6.07 Å². The summed E-state index contributed by atoms with van der Waals surface area (Å²) in [4.78, 5) is 0. The molecule has 0 N–H and O–H groups in total. The summed E-state index contributed by atoms with van der Waals surface area (Å²) in [6, 6.07) is 33.3. The van der Waals surface area contributed by atoms with Crippen LogP contribution in [0.5, 0.6) is 11.5 Å². The second kappa shape index (κ2) is 8.75. The number of ether oxygens (including phenoxy) is 2. The zero-order chi connectivity index (χ0) is 24.1. The van der Waals surface area contributed by atoms with Crippen molar-refractivity contribution >= 4 is 23.8 Å². The average Bonchev–Trinajstić information content (AvgIpc) is 2.92. The van der Waals surface area contributed by atoms with Gasteiger partial charge in [-0.05, 0) is 61.4 Å². The minimum absolute atomic E-state index is 0.214. The second-order valence-corrected chi connectivity index (χ2v) is 12.3. The Morgan fingerprint density at radius 3 is 1.83 bits per heavy atom. The van der Waals surface area contributed by atoms with E-state index < -0.39 is 13.7 Å². The van der Waals surface area contributed by atoms with Crippen molar-refractivity contribution < 1.29 is 13.9 Å². The molecule has 2 heterocycles. The van der Waals surface area contributed by atoms with Crippen LogP contribution in [0.3, 0.4) is 0 Å².